The largest absolute Gasteiger partial charge is 0.465 e. The molecule has 4 nitrogen and oxygen atoms in total. The smallest absolute Gasteiger partial charge is 0.407 e. The lowest BCUT2D eigenvalue weighted by Crippen LogP contribution is -2.54. The summed E-state index contributed by atoms with van der Waals surface area (Å²) in [6, 6.07) is 1.33. The fourth-order valence-corrected chi connectivity index (χ4v) is 2.71. The molecule has 0 spiro atoms. The summed E-state index contributed by atoms with van der Waals surface area (Å²) >= 11 is 0. The summed E-state index contributed by atoms with van der Waals surface area (Å²) in [5.41, 5.74) is 0. The average molecular weight is 198 g/mol. The summed E-state index contributed by atoms with van der Waals surface area (Å²) < 4.78 is 0. The van der Waals surface area contributed by atoms with Crippen LogP contribution in [0.15, 0.2) is 0 Å². The van der Waals surface area contributed by atoms with Gasteiger partial charge in [-0.2, -0.15) is 0 Å². The molecule has 1 amide bonds. The van der Waals surface area contributed by atoms with Gasteiger partial charge in [0.25, 0.3) is 0 Å². The SMILES string of the molecule is CN(C(=O)O)[C@H]1C[C@H]2CCC[C@@H](C1)N2. The van der Waals surface area contributed by atoms with Crippen LogP contribution < -0.4 is 5.32 Å². The zero-order valence-corrected chi connectivity index (χ0v) is 8.57. The minimum absolute atomic E-state index is 0.226. The van der Waals surface area contributed by atoms with Crippen LogP contribution in [0, 0.1) is 0 Å². The number of nitrogens with one attached hydrogen (secondary N) is 1. The topological polar surface area (TPSA) is 52.6 Å². The van der Waals surface area contributed by atoms with Crippen LogP contribution in [0.5, 0.6) is 0 Å². The number of fused-ring (bicyclic) bond motifs is 2. The number of hydrogen-bond acceptors (Lipinski definition) is 2. The zero-order valence-electron chi connectivity index (χ0n) is 8.57. The Morgan fingerprint density at radius 2 is 1.93 bits per heavy atom. The number of nitrogens with zero attached hydrogens (tertiary/aromatic N) is 1. The predicted octanol–water partition coefficient (Wildman–Crippen LogP) is 1.27. The molecule has 0 aromatic rings. The van der Waals surface area contributed by atoms with Gasteiger partial charge in [-0.15, -0.1) is 0 Å². The molecule has 0 aromatic heterocycles. The molecule has 14 heavy (non-hydrogen) atoms. The molecule has 0 saturated carbocycles. The number of carboxylic acid groups (broad SMARTS) is 1. The Bertz CT molecular complexity index is 220. The van der Waals surface area contributed by atoms with Gasteiger partial charge in [0.2, 0.25) is 0 Å². The Morgan fingerprint density at radius 3 is 2.43 bits per heavy atom. The van der Waals surface area contributed by atoms with Crippen molar-refractivity contribution in [3.8, 4) is 0 Å². The normalized spacial score (nSPS) is 36.5. The molecule has 80 valence electrons. The molecule has 3 atom stereocenters. The van der Waals surface area contributed by atoms with E-state index in [0.717, 1.165) is 12.8 Å². The molecule has 0 aromatic carbocycles. The first-order valence-electron chi connectivity index (χ1n) is 5.38. The van der Waals surface area contributed by atoms with Gasteiger partial charge in [0, 0.05) is 25.2 Å². The van der Waals surface area contributed by atoms with E-state index in [2.05, 4.69) is 5.32 Å². The standard InChI is InChI=1S/C10H18N2O2/c1-12(10(13)14)9-5-7-3-2-4-8(6-9)11-7/h7-9,11H,2-6H2,1H3,(H,13,14)/t7-,8+,9+. The van der Waals surface area contributed by atoms with Gasteiger partial charge < -0.3 is 15.3 Å². The van der Waals surface area contributed by atoms with Gasteiger partial charge in [-0.3, -0.25) is 0 Å². The van der Waals surface area contributed by atoms with Crippen molar-refractivity contribution in [2.45, 2.75) is 50.2 Å². The number of hydrogen-bond donors (Lipinski definition) is 2. The van der Waals surface area contributed by atoms with Gasteiger partial charge in [0.05, 0.1) is 0 Å². The third-order valence-corrected chi connectivity index (χ3v) is 3.54. The second-order valence-electron chi connectivity index (χ2n) is 4.51. The molecule has 0 radical (unpaired) electrons. The molecule has 2 aliphatic heterocycles. The molecular weight excluding hydrogens is 180 g/mol. The Hall–Kier alpha value is -0.770. The maximum absolute atomic E-state index is 10.8. The van der Waals surface area contributed by atoms with Crippen molar-refractivity contribution in [2.75, 3.05) is 7.05 Å². The van der Waals surface area contributed by atoms with Crippen molar-refractivity contribution in [1.82, 2.24) is 10.2 Å². The third-order valence-electron chi connectivity index (χ3n) is 3.54. The van der Waals surface area contributed by atoms with Crippen molar-refractivity contribution in [1.29, 1.82) is 0 Å². The van der Waals surface area contributed by atoms with Crippen molar-refractivity contribution < 1.29 is 9.90 Å². The lowest BCUT2D eigenvalue weighted by Gasteiger charge is -2.42. The highest BCUT2D eigenvalue weighted by Crippen LogP contribution is 2.27. The van der Waals surface area contributed by atoms with Crippen LogP contribution in [0.3, 0.4) is 0 Å². The van der Waals surface area contributed by atoms with Gasteiger partial charge in [-0.25, -0.2) is 4.79 Å². The highest BCUT2D eigenvalue weighted by Gasteiger charge is 2.34. The first-order valence-corrected chi connectivity index (χ1v) is 5.38. The highest BCUT2D eigenvalue weighted by atomic mass is 16.4. The summed E-state index contributed by atoms with van der Waals surface area (Å²) in [4.78, 5) is 12.3. The van der Waals surface area contributed by atoms with Crippen molar-refractivity contribution in [3.63, 3.8) is 0 Å². The first-order chi connectivity index (χ1) is 6.66. The fourth-order valence-electron chi connectivity index (χ4n) is 2.71. The van der Waals surface area contributed by atoms with E-state index in [-0.39, 0.29) is 6.04 Å². The molecule has 2 aliphatic rings. The summed E-state index contributed by atoms with van der Waals surface area (Å²) in [6.07, 6.45) is 4.89. The Morgan fingerprint density at radius 1 is 1.36 bits per heavy atom. The zero-order chi connectivity index (χ0) is 10.1. The van der Waals surface area contributed by atoms with E-state index in [4.69, 9.17) is 5.11 Å². The van der Waals surface area contributed by atoms with E-state index in [1.165, 1.54) is 24.2 Å². The van der Waals surface area contributed by atoms with E-state index < -0.39 is 6.09 Å². The summed E-state index contributed by atoms with van der Waals surface area (Å²) in [5, 5.41) is 12.5. The molecular formula is C10H18N2O2. The molecule has 2 bridgehead atoms. The number of piperidine rings is 2. The van der Waals surface area contributed by atoms with Crippen LogP contribution in [0.25, 0.3) is 0 Å². The first kappa shape index (κ1) is 9.77. The van der Waals surface area contributed by atoms with Crippen molar-refractivity contribution >= 4 is 6.09 Å². The minimum Gasteiger partial charge on any atom is -0.465 e. The van der Waals surface area contributed by atoms with Crippen LogP contribution in [0.1, 0.15) is 32.1 Å². The van der Waals surface area contributed by atoms with E-state index in [1.54, 1.807) is 7.05 Å². The van der Waals surface area contributed by atoms with Crippen LogP contribution >= 0.6 is 0 Å². The molecule has 2 heterocycles. The summed E-state index contributed by atoms with van der Waals surface area (Å²) in [6.45, 7) is 0. The maximum atomic E-state index is 10.8. The van der Waals surface area contributed by atoms with Gasteiger partial charge in [-0.05, 0) is 25.7 Å². The van der Waals surface area contributed by atoms with Crippen LogP contribution in [-0.4, -0.2) is 41.3 Å². The van der Waals surface area contributed by atoms with E-state index in [1.807, 2.05) is 0 Å². The van der Waals surface area contributed by atoms with Gasteiger partial charge in [-0.1, -0.05) is 6.42 Å². The van der Waals surface area contributed by atoms with E-state index in [9.17, 15) is 4.79 Å². The highest BCUT2D eigenvalue weighted by molar-refractivity contribution is 5.65. The van der Waals surface area contributed by atoms with Gasteiger partial charge >= 0.3 is 6.09 Å². The molecule has 2 rings (SSSR count). The Kier molecular flexibility index (Phi) is 2.63. The second-order valence-corrected chi connectivity index (χ2v) is 4.51. The molecule has 0 unspecified atom stereocenters. The van der Waals surface area contributed by atoms with Crippen molar-refractivity contribution in [3.05, 3.63) is 0 Å². The average Bonchev–Trinajstić information content (AvgIpc) is 2.15. The number of rotatable bonds is 1. The second kappa shape index (κ2) is 3.77. The lowest BCUT2D eigenvalue weighted by molar-refractivity contribution is 0.101. The Labute approximate surface area is 84.3 Å². The molecule has 2 N–H and O–H groups in total. The Balaban J connectivity index is 1.98. The number of carbonyl (C=O) groups is 1. The van der Waals surface area contributed by atoms with Crippen molar-refractivity contribution in [2.24, 2.45) is 0 Å². The fraction of sp³-hybridized carbons (Fsp3) is 0.900. The molecule has 2 fully saturated rings. The van der Waals surface area contributed by atoms with Gasteiger partial charge in [0.1, 0.15) is 0 Å². The lowest BCUT2D eigenvalue weighted by atomic mass is 9.83. The molecule has 0 aliphatic carbocycles. The van der Waals surface area contributed by atoms with Crippen LogP contribution in [0.4, 0.5) is 4.79 Å². The molecule has 2 saturated heterocycles. The summed E-state index contributed by atoms with van der Waals surface area (Å²) in [5.74, 6) is 0. The van der Waals surface area contributed by atoms with E-state index >= 15 is 0 Å². The quantitative estimate of drug-likeness (QED) is 0.667. The monoisotopic (exact) mass is 198 g/mol. The summed E-state index contributed by atoms with van der Waals surface area (Å²) in [7, 11) is 1.69. The predicted molar refractivity (Wildman–Crippen MR) is 53.4 cm³/mol. The third kappa shape index (κ3) is 1.85. The maximum Gasteiger partial charge on any atom is 0.407 e. The molecule has 4 heteroatoms. The number of amides is 1. The van der Waals surface area contributed by atoms with Gasteiger partial charge in [0.15, 0.2) is 0 Å². The van der Waals surface area contributed by atoms with Crippen LogP contribution in [-0.2, 0) is 0 Å². The van der Waals surface area contributed by atoms with E-state index in [0.29, 0.717) is 12.1 Å². The van der Waals surface area contributed by atoms with Crippen LogP contribution in [0.2, 0.25) is 0 Å². The minimum atomic E-state index is -0.796.